The number of methoxy groups -OCH3 is 1. The van der Waals surface area contributed by atoms with E-state index >= 15 is 0 Å². The summed E-state index contributed by atoms with van der Waals surface area (Å²) in [5, 5.41) is 30.1. The Morgan fingerprint density at radius 3 is 2.37 bits per heavy atom. The topological polar surface area (TPSA) is 113 Å². The van der Waals surface area contributed by atoms with Crippen LogP contribution in [0.2, 0.25) is 0 Å². The van der Waals surface area contributed by atoms with Crippen LogP contribution < -0.4 is 0 Å². The van der Waals surface area contributed by atoms with Gasteiger partial charge in [0.25, 0.3) is 0 Å². The average Bonchev–Trinajstić information content (AvgIpc) is 2.95. The predicted molar refractivity (Wildman–Crippen MR) is 110 cm³/mol. The van der Waals surface area contributed by atoms with E-state index in [2.05, 4.69) is 0 Å². The molecule has 0 saturated carbocycles. The molecule has 1 heterocycles. The summed E-state index contributed by atoms with van der Waals surface area (Å²) < 4.78 is 10.3. The number of esters is 2. The Balaban J connectivity index is 2.16. The number of aromatic hydroxyl groups is 2. The van der Waals surface area contributed by atoms with Crippen LogP contribution in [0.3, 0.4) is 0 Å². The van der Waals surface area contributed by atoms with E-state index in [9.17, 15) is 24.9 Å². The highest BCUT2D eigenvalue weighted by Crippen LogP contribution is 2.43. The number of carbonyl (C=O) groups is 2. The molecule has 3 rings (SSSR count). The molecule has 0 fully saturated rings. The van der Waals surface area contributed by atoms with Crippen molar-refractivity contribution in [3.8, 4) is 11.5 Å². The van der Waals surface area contributed by atoms with Gasteiger partial charge in [0.05, 0.1) is 12.7 Å². The summed E-state index contributed by atoms with van der Waals surface area (Å²) in [4.78, 5) is 25.1. The number of aliphatic hydroxyl groups is 1. The summed E-state index contributed by atoms with van der Waals surface area (Å²) in [6.07, 6.45) is 1.65. The number of cyclic esters (lactones) is 1. The van der Waals surface area contributed by atoms with Crippen molar-refractivity contribution in [3.63, 3.8) is 0 Å². The molecule has 0 spiro atoms. The maximum absolute atomic E-state index is 12.9. The Kier molecular flexibility index (Phi) is 5.56. The number of phenols is 2. The van der Waals surface area contributed by atoms with Crippen LogP contribution in [0.5, 0.6) is 11.5 Å². The second kappa shape index (κ2) is 7.94. The lowest BCUT2D eigenvalue weighted by Gasteiger charge is -2.28. The van der Waals surface area contributed by atoms with Crippen molar-refractivity contribution in [1.29, 1.82) is 0 Å². The molecular formula is C23H22O7. The Morgan fingerprint density at radius 2 is 1.77 bits per heavy atom. The summed E-state index contributed by atoms with van der Waals surface area (Å²) in [5.41, 5.74) is 0.424. The number of hydrogen-bond acceptors (Lipinski definition) is 7. The van der Waals surface area contributed by atoms with Crippen molar-refractivity contribution in [3.05, 3.63) is 70.5 Å². The smallest absolute Gasteiger partial charge is 0.375 e. The number of rotatable bonds is 5. The van der Waals surface area contributed by atoms with Crippen LogP contribution in [0.15, 0.2) is 53.8 Å². The van der Waals surface area contributed by atoms with E-state index in [1.807, 2.05) is 13.8 Å². The van der Waals surface area contributed by atoms with Crippen LogP contribution >= 0.6 is 0 Å². The third kappa shape index (κ3) is 3.74. The lowest BCUT2D eigenvalue weighted by molar-refractivity contribution is -0.169. The zero-order valence-electron chi connectivity index (χ0n) is 16.8. The highest BCUT2D eigenvalue weighted by atomic mass is 16.6. The van der Waals surface area contributed by atoms with Crippen LogP contribution in [0, 0.1) is 0 Å². The highest BCUT2D eigenvalue weighted by Gasteiger charge is 2.55. The van der Waals surface area contributed by atoms with Gasteiger partial charge >= 0.3 is 11.9 Å². The monoisotopic (exact) mass is 410 g/mol. The molecule has 0 aromatic heterocycles. The third-order valence-electron chi connectivity index (χ3n) is 4.76. The molecule has 0 bridgehead atoms. The molecule has 30 heavy (non-hydrogen) atoms. The number of hydrogen-bond donors (Lipinski definition) is 3. The SMILES string of the molecule is COC(=O)[C@]1(Cc2ccc(O)c(C=C(C)C)c2)OC(=O)C(O)=C1c1ccc(O)cc1. The summed E-state index contributed by atoms with van der Waals surface area (Å²) in [7, 11) is 1.16. The molecule has 156 valence electrons. The third-order valence-corrected chi connectivity index (χ3v) is 4.76. The van der Waals surface area contributed by atoms with E-state index in [0.717, 1.165) is 12.7 Å². The number of ether oxygens (including phenoxy) is 2. The van der Waals surface area contributed by atoms with E-state index in [4.69, 9.17) is 9.47 Å². The fraction of sp³-hybridized carbons (Fsp3) is 0.217. The first-order valence-electron chi connectivity index (χ1n) is 9.19. The molecule has 0 amide bonds. The van der Waals surface area contributed by atoms with Crippen LogP contribution in [0.4, 0.5) is 0 Å². The molecule has 2 aromatic rings. The first kappa shape index (κ1) is 21.0. The van der Waals surface area contributed by atoms with E-state index in [-0.39, 0.29) is 23.5 Å². The Hall–Kier alpha value is -3.74. The molecule has 0 saturated heterocycles. The van der Waals surface area contributed by atoms with Crippen LogP contribution in [-0.4, -0.2) is 40.0 Å². The lowest BCUT2D eigenvalue weighted by atomic mass is 9.83. The lowest BCUT2D eigenvalue weighted by Crippen LogP contribution is -2.44. The van der Waals surface area contributed by atoms with Crippen molar-refractivity contribution >= 4 is 23.6 Å². The van der Waals surface area contributed by atoms with Gasteiger partial charge in [-0.2, -0.15) is 0 Å². The van der Waals surface area contributed by atoms with Gasteiger partial charge < -0.3 is 24.8 Å². The Morgan fingerprint density at radius 1 is 1.10 bits per heavy atom. The molecule has 1 atom stereocenters. The van der Waals surface area contributed by atoms with Gasteiger partial charge in [-0.05, 0) is 49.2 Å². The van der Waals surface area contributed by atoms with Gasteiger partial charge in [-0.3, -0.25) is 0 Å². The standard InChI is InChI=1S/C23H22O7/c1-13(2)10-16-11-14(4-9-18(16)25)12-23(22(28)29-3)19(20(26)21(27)30-23)15-5-7-17(24)8-6-15/h4-11,24-26H,12H2,1-3H3/t23-/m1/s1. The first-order chi connectivity index (χ1) is 14.2. The molecule has 3 N–H and O–H groups in total. The van der Waals surface area contributed by atoms with Gasteiger partial charge in [0.1, 0.15) is 11.5 Å². The van der Waals surface area contributed by atoms with Gasteiger partial charge in [0, 0.05) is 12.0 Å². The molecule has 7 nitrogen and oxygen atoms in total. The minimum Gasteiger partial charge on any atom is -0.508 e. The summed E-state index contributed by atoms with van der Waals surface area (Å²) in [6.45, 7) is 3.76. The second-order valence-corrected chi connectivity index (χ2v) is 7.27. The Bertz CT molecular complexity index is 1060. The Labute approximate surface area is 173 Å². The average molecular weight is 410 g/mol. The summed E-state index contributed by atoms with van der Waals surface area (Å²) in [5.74, 6) is -2.56. The molecule has 0 unspecified atom stereocenters. The van der Waals surface area contributed by atoms with Crippen LogP contribution in [0.1, 0.15) is 30.5 Å². The number of phenolic OH excluding ortho intramolecular Hbond substituents is 2. The zero-order valence-corrected chi connectivity index (χ0v) is 16.8. The van der Waals surface area contributed by atoms with Crippen molar-refractivity contribution in [1.82, 2.24) is 0 Å². The minimum absolute atomic E-state index is 0.0161. The van der Waals surface area contributed by atoms with Crippen molar-refractivity contribution in [2.24, 2.45) is 0 Å². The van der Waals surface area contributed by atoms with Gasteiger partial charge in [-0.1, -0.05) is 29.8 Å². The molecule has 7 heteroatoms. The van der Waals surface area contributed by atoms with Crippen LogP contribution in [-0.2, 0) is 25.5 Å². The molecule has 1 aliphatic rings. The largest absolute Gasteiger partial charge is 0.508 e. The molecule has 1 aliphatic heterocycles. The molecule has 0 radical (unpaired) electrons. The number of benzene rings is 2. The van der Waals surface area contributed by atoms with E-state index in [1.165, 1.54) is 30.3 Å². The van der Waals surface area contributed by atoms with Gasteiger partial charge in [-0.15, -0.1) is 0 Å². The fourth-order valence-corrected chi connectivity index (χ4v) is 3.48. The normalized spacial score (nSPS) is 18.2. The number of carbonyl (C=O) groups excluding carboxylic acids is 2. The fourth-order valence-electron chi connectivity index (χ4n) is 3.48. The van der Waals surface area contributed by atoms with E-state index in [0.29, 0.717) is 16.7 Å². The van der Waals surface area contributed by atoms with Gasteiger partial charge in [0.2, 0.25) is 11.4 Å². The zero-order chi connectivity index (χ0) is 22.1. The maximum atomic E-state index is 12.9. The van der Waals surface area contributed by atoms with E-state index in [1.54, 1.807) is 18.2 Å². The van der Waals surface area contributed by atoms with Crippen molar-refractivity contribution < 1.29 is 34.4 Å². The minimum atomic E-state index is -1.92. The predicted octanol–water partition coefficient (Wildman–Crippen LogP) is 3.50. The maximum Gasteiger partial charge on any atom is 0.375 e. The van der Waals surface area contributed by atoms with Crippen molar-refractivity contribution in [2.45, 2.75) is 25.9 Å². The summed E-state index contributed by atoms with van der Waals surface area (Å²) >= 11 is 0. The van der Waals surface area contributed by atoms with Crippen molar-refractivity contribution in [2.75, 3.05) is 7.11 Å². The second-order valence-electron chi connectivity index (χ2n) is 7.27. The molecule has 0 aliphatic carbocycles. The number of aliphatic hydroxyl groups excluding tert-OH is 1. The van der Waals surface area contributed by atoms with E-state index < -0.39 is 23.3 Å². The van der Waals surface area contributed by atoms with Crippen LogP contribution in [0.25, 0.3) is 11.6 Å². The quantitative estimate of drug-likeness (QED) is 0.647. The molecule has 2 aromatic carbocycles. The number of allylic oxidation sites excluding steroid dienone is 1. The van der Waals surface area contributed by atoms with Gasteiger partial charge in [0.15, 0.2) is 0 Å². The highest BCUT2D eigenvalue weighted by molar-refractivity contribution is 6.11. The first-order valence-corrected chi connectivity index (χ1v) is 9.19. The summed E-state index contributed by atoms with van der Waals surface area (Å²) in [6, 6.07) is 10.4. The van der Waals surface area contributed by atoms with Gasteiger partial charge in [-0.25, -0.2) is 9.59 Å². The molecular weight excluding hydrogens is 388 g/mol.